The van der Waals surface area contributed by atoms with Gasteiger partial charge in [0.1, 0.15) is 0 Å². The van der Waals surface area contributed by atoms with Crippen molar-refractivity contribution in [1.29, 1.82) is 0 Å². The van der Waals surface area contributed by atoms with E-state index in [0.717, 1.165) is 12.1 Å². The van der Waals surface area contributed by atoms with Crippen molar-refractivity contribution in [1.82, 2.24) is 15.0 Å². The third kappa shape index (κ3) is 2.78. The number of aryl methyl sites for hydroxylation is 1. The van der Waals surface area contributed by atoms with Gasteiger partial charge >= 0.3 is 0 Å². The molecule has 0 aliphatic carbocycles. The summed E-state index contributed by atoms with van der Waals surface area (Å²) >= 11 is 0. The molecule has 0 fully saturated rings. The van der Waals surface area contributed by atoms with E-state index in [9.17, 15) is 5.11 Å². The molecule has 0 radical (unpaired) electrons. The van der Waals surface area contributed by atoms with Crippen LogP contribution in [0.3, 0.4) is 0 Å². The smallest absolute Gasteiger partial charge is 0.0856 e. The van der Waals surface area contributed by atoms with Crippen molar-refractivity contribution in [3.05, 3.63) is 11.9 Å². The molecule has 0 saturated carbocycles. The van der Waals surface area contributed by atoms with Crippen LogP contribution in [0.4, 0.5) is 0 Å². The van der Waals surface area contributed by atoms with Crippen LogP contribution in [0.25, 0.3) is 0 Å². The highest BCUT2D eigenvalue weighted by Gasteiger charge is 2.25. The van der Waals surface area contributed by atoms with Crippen molar-refractivity contribution < 1.29 is 5.11 Å². The summed E-state index contributed by atoms with van der Waals surface area (Å²) in [4.78, 5) is 0. The molecule has 1 heterocycles. The molecule has 3 N–H and O–H groups in total. The van der Waals surface area contributed by atoms with Gasteiger partial charge in [-0.2, -0.15) is 0 Å². The van der Waals surface area contributed by atoms with Crippen LogP contribution in [-0.4, -0.2) is 32.2 Å². The summed E-state index contributed by atoms with van der Waals surface area (Å²) in [7, 11) is 1.80. The van der Waals surface area contributed by atoms with Crippen LogP contribution in [0.5, 0.6) is 0 Å². The predicted octanol–water partition coefficient (Wildman–Crippen LogP) is -0.152. The van der Waals surface area contributed by atoms with E-state index in [0.29, 0.717) is 12.8 Å². The topological polar surface area (TPSA) is 77.0 Å². The molecule has 5 heteroatoms. The molecule has 0 aromatic carbocycles. The second kappa shape index (κ2) is 4.52. The molecule has 1 rings (SSSR count). The number of hydrogen-bond acceptors (Lipinski definition) is 4. The van der Waals surface area contributed by atoms with Crippen LogP contribution in [0.1, 0.15) is 25.5 Å². The second-order valence-electron chi connectivity index (χ2n) is 3.74. The fraction of sp³-hybridized carbons (Fsp3) is 0.778. The lowest BCUT2D eigenvalue weighted by molar-refractivity contribution is 0.0389. The van der Waals surface area contributed by atoms with Gasteiger partial charge in [0.2, 0.25) is 0 Å². The largest absolute Gasteiger partial charge is 0.388 e. The fourth-order valence-electron chi connectivity index (χ4n) is 1.54. The first-order valence-electron chi connectivity index (χ1n) is 4.87. The minimum Gasteiger partial charge on any atom is -0.388 e. The van der Waals surface area contributed by atoms with E-state index in [1.807, 2.05) is 6.92 Å². The third-order valence-electron chi connectivity index (χ3n) is 2.26. The van der Waals surface area contributed by atoms with Crippen LogP contribution in [0, 0.1) is 0 Å². The van der Waals surface area contributed by atoms with Crippen molar-refractivity contribution in [2.75, 3.05) is 6.54 Å². The molecule has 1 atom stereocenters. The number of rotatable bonds is 5. The normalized spacial score (nSPS) is 15.4. The molecule has 14 heavy (non-hydrogen) atoms. The number of hydrogen-bond donors (Lipinski definition) is 2. The Bertz CT molecular complexity index is 286. The highest BCUT2D eigenvalue weighted by Crippen LogP contribution is 2.16. The molecule has 0 aliphatic heterocycles. The monoisotopic (exact) mass is 198 g/mol. The van der Waals surface area contributed by atoms with E-state index >= 15 is 0 Å². The van der Waals surface area contributed by atoms with Gasteiger partial charge in [-0.1, -0.05) is 18.6 Å². The maximum absolute atomic E-state index is 10.1. The van der Waals surface area contributed by atoms with Crippen molar-refractivity contribution in [3.8, 4) is 0 Å². The summed E-state index contributed by atoms with van der Waals surface area (Å²) in [6.07, 6.45) is 3.88. The molecular formula is C9H18N4O. The molecule has 0 aliphatic rings. The molecule has 0 amide bonds. The van der Waals surface area contributed by atoms with Gasteiger partial charge in [-0.3, -0.25) is 4.68 Å². The standard InChI is InChI=1S/C9H18N4O/c1-3-4-9(14,7-10)5-8-6-13(2)12-11-8/h6,14H,3-5,7,10H2,1-2H3. The lowest BCUT2D eigenvalue weighted by atomic mass is 9.93. The van der Waals surface area contributed by atoms with E-state index < -0.39 is 5.60 Å². The Morgan fingerprint density at radius 3 is 2.79 bits per heavy atom. The lowest BCUT2D eigenvalue weighted by Crippen LogP contribution is -2.39. The SMILES string of the molecule is CCCC(O)(CN)Cc1cn(C)nn1. The zero-order valence-electron chi connectivity index (χ0n) is 8.77. The maximum atomic E-state index is 10.1. The van der Waals surface area contributed by atoms with Crippen molar-refractivity contribution >= 4 is 0 Å². The first-order valence-corrected chi connectivity index (χ1v) is 4.87. The Morgan fingerprint density at radius 2 is 2.36 bits per heavy atom. The number of nitrogens with zero attached hydrogens (tertiary/aromatic N) is 3. The third-order valence-corrected chi connectivity index (χ3v) is 2.26. The molecule has 1 unspecified atom stereocenters. The molecular weight excluding hydrogens is 180 g/mol. The molecule has 0 saturated heterocycles. The van der Waals surface area contributed by atoms with Gasteiger partial charge in [0.25, 0.3) is 0 Å². The van der Waals surface area contributed by atoms with E-state index in [-0.39, 0.29) is 6.54 Å². The predicted molar refractivity (Wildman–Crippen MR) is 53.6 cm³/mol. The van der Waals surface area contributed by atoms with Gasteiger partial charge in [0.15, 0.2) is 0 Å². The molecule has 1 aromatic heterocycles. The Kier molecular flexibility index (Phi) is 3.60. The average molecular weight is 198 g/mol. The average Bonchev–Trinajstić information content (AvgIpc) is 2.51. The summed E-state index contributed by atoms with van der Waals surface area (Å²) in [5.41, 5.74) is 5.50. The van der Waals surface area contributed by atoms with Gasteiger partial charge in [0, 0.05) is 26.2 Å². The van der Waals surface area contributed by atoms with Gasteiger partial charge in [-0.15, -0.1) is 5.10 Å². The second-order valence-corrected chi connectivity index (χ2v) is 3.74. The Balaban J connectivity index is 2.64. The quantitative estimate of drug-likeness (QED) is 0.689. The number of aromatic nitrogens is 3. The Labute approximate surface area is 83.9 Å². The van der Waals surface area contributed by atoms with E-state index in [1.54, 1.807) is 17.9 Å². The van der Waals surface area contributed by atoms with Crippen molar-refractivity contribution in [2.45, 2.75) is 31.8 Å². The van der Waals surface area contributed by atoms with E-state index in [2.05, 4.69) is 10.3 Å². The van der Waals surface area contributed by atoms with Crippen molar-refractivity contribution in [3.63, 3.8) is 0 Å². The molecule has 80 valence electrons. The Morgan fingerprint density at radius 1 is 1.64 bits per heavy atom. The van der Waals surface area contributed by atoms with Crippen LogP contribution in [-0.2, 0) is 13.5 Å². The zero-order valence-corrected chi connectivity index (χ0v) is 8.77. The minimum absolute atomic E-state index is 0.261. The van der Waals surface area contributed by atoms with Gasteiger partial charge in [0.05, 0.1) is 11.3 Å². The first kappa shape index (κ1) is 11.1. The molecule has 0 spiro atoms. The Hall–Kier alpha value is -0.940. The van der Waals surface area contributed by atoms with Gasteiger partial charge in [-0.05, 0) is 6.42 Å². The summed E-state index contributed by atoms with van der Waals surface area (Å²) in [6.45, 7) is 2.29. The van der Waals surface area contributed by atoms with Crippen molar-refractivity contribution in [2.24, 2.45) is 12.8 Å². The molecule has 1 aromatic rings. The molecule has 5 nitrogen and oxygen atoms in total. The summed E-state index contributed by atoms with van der Waals surface area (Å²) in [5.74, 6) is 0. The van der Waals surface area contributed by atoms with E-state index in [1.165, 1.54) is 0 Å². The van der Waals surface area contributed by atoms with Gasteiger partial charge in [-0.25, -0.2) is 0 Å². The van der Waals surface area contributed by atoms with Crippen LogP contribution < -0.4 is 5.73 Å². The summed E-state index contributed by atoms with van der Waals surface area (Å²) in [5, 5.41) is 17.8. The van der Waals surface area contributed by atoms with E-state index in [4.69, 9.17) is 5.73 Å². The zero-order chi connectivity index (χ0) is 10.6. The highest BCUT2D eigenvalue weighted by molar-refractivity contribution is 4.99. The number of aliphatic hydroxyl groups is 1. The van der Waals surface area contributed by atoms with Crippen LogP contribution in [0.2, 0.25) is 0 Å². The fourth-order valence-corrected chi connectivity index (χ4v) is 1.54. The number of nitrogens with two attached hydrogens (primary N) is 1. The lowest BCUT2D eigenvalue weighted by Gasteiger charge is -2.24. The molecule has 0 bridgehead atoms. The minimum atomic E-state index is -0.829. The van der Waals surface area contributed by atoms with Crippen LogP contribution in [0.15, 0.2) is 6.20 Å². The first-order chi connectivity index (χ1) is 6.59. The van der Waals surface area contributed by atoms with Gasteiger partial charge < -0.3 is 10.8 Å². The highest BCUT2D eigenvalue weighted by atomic mass is 16.3. The summed E-state index contributed by atoms with van der Waals surface area (Å²) in [6, 6.07) is 0. The maximum Gasteiger partial charge on any atom is 0.0856 e. The van der Waals surface area contributed by atoms with Crippen LogP contribution >= 0.6 is 0 Å². The summed E-state index contributed by atoms with van der Waals surface area (Å²) < 4.78 is 1.62.